The highest BCUT2D eigenvalue weighted by Gasteiger charge is 2.28. The van der Waals surface area contributed by atoms with Gasteiger partial charge in [0.2, 0.25) is 5.88 Å². The molecule has 1 amide bonds. The lowest BCUT2D eigenvalue weighted by atomic mass is 9.78. The monoisotopic (exact) mass is 354 g/mol. The SMILES string of the molecule is COc1ccc(C(=O)NC(C)[C@H]2CC[C@@H](c3nccc(C)n3)CC2)cn1. The van der Waals surface area contributed by atoms with Gasteiger partial charge >= 0.3 is 0 Å². The van der Waals surface area contributed by atoms with Crippen LogP contribution in [0.5, 0.6) is 5.88 Å². The van der Waals surface area contributed by atoms with Crippen molar-refractivity contribution in [2.45, 2.75) is 51.5 Å². The second-order valence-electron chi connectivity index (χ2n) is 7.02. The Hall–Kier alpha value is -2.50. The fourth-order valence-corrected chi connectivity index (χ4v) is 3.59. The van der Waals surface area contributed by atoms with E-state index in [2.05, 4.69) is 27.2 Å². The minimum Gasteiger partial charge on any atom is -0.481 e. The van der Waals surface area contributed by atoms with Gasteiger partial charge in [0.05, 0.1) is 12.7 Å². The summed E-state index contributed by atoms with van der Waals surface area (Å²) >= 11 is 0. The summed E-state index contributed by atoms with van der Waals surface area (Å²) in [5.41, 5.74) is 1.57. The minimum atomic E-state index is -0.0863. The Labute approximate surface area is 154 Å². The third-order valence-corrected chi connectivity index (χ3v) is 5.22. The van der Waals surface area contributed by atoms with Crippen LogP contribution in [0.4, 0.5) is 0 Å². The van der Waals surface area contributed by atoms with E-state index in [-0.39, 0.29) is 11.9 Å². The summed E-state index contributed by atoms with van der Waals surface area (Å²) in [6, 6.07) is 5.50. The zero-order valence-corrected chi connectivity index (χ0v) is 15.6. The molecule has 0 spiro atoms. The van der Waals surface area contributed by atoms with Gasteiger partial charge in [-0.05, 0) is 57.6 Å². The number of nitrogens with zero attached hydrogens (tertiary/aromatic N) is 3. The molecule has 0 aliphatic heterocycles. The number of methoxy groups -OCH3 is 1. The first-order valence-corrected chi connectivity index (χ1v) is 9.17. The van der Waals surface area contributed by atoms with Gasteiger partial charge in [-0.2, -0.15) is 0 Å². The molecular weight excluding hydrogens is 328 g/mol. The Balaban J connectivity index is 1.53. The summed E-state index contributed by atoms with van der Waals surface area (Å²) in [6.07, 6.45) is 7.67. The Bertz CT molecular complexity index is 740. The minimum absolute atomic E-state index is 0.0863. The van der Waals surface area contributed by atoms with Crippen LogP contribution in [0.15, 0.2) is 30.6 Å². The second-order valence-corrected chi connectivity index (χ2v) is 7.02. The average Bonchev–Trinajstić information content (AvgIpc) is 2.68. The highest BCUT2D eigenvalue weighted by molar-refractivity contribution is 5.94. The normalized spacial score (nSPS) is 21.0. The standard InChI is InChI=1S/C20H26N4O2/c1-13-10-11-21-19(23-13)16-6-4-15(5-7-16)14(2)24-20(25)17-8-9-18(26-3)22-12-17/h8-12,14-16H,4-7H2,1-3H3,(H,24,25)/t14?,15-,16+. The maximum Gasteiger partial charge on any atom is 0.253 e. The van der Waals surface area contributed by atoms with E-state index in [1.807, 2.05) is 19.2 Å². The molecule has 2 aromatic rings. The molecule has 0 aromatic carbocycles. The van der Waals surface area contributed by atoms with Crippen molar-refractivity contribution in [1.29, 1.82) is 0 Å². The first-order chi connectivity index (χ1) is 12.6. The molecule has 2 aromatic heterocycles. The van der Waals surface area contributed by atoms with E-state index in [0.29, 0.717) is 23.3 Å². The Morgan fingerprint density at radius 3 is 2.58 bits per heavy atom. The van der Waals surface area contributed by atoms with Crippen LogP contribution in [0.25, 0.3) is 0 Å². The predicted molar refractivity (Wildman–Crippen MR) is 99.2 cm³/mol. The van der Waals surface area contributed by atoms with E-state index in [4.69, 9.17) is 4.74 Å². The van der Waals surface area contributed by atoms with Gasteiger partial charge < -0.3 is 10.1 Å². The van der Waals surface area contributed by atoms with Gasteiger partial charge in [0, 0.05) is 36.1 Å². The third kappa shape index (κ3) is 4.36. The van der Waals surface area contributed by atoms with Crippen molar-refractivity contribution in [3.05, 3.63) is 47.7 Å². The second kappa shape index (κ2) is 8.25. The summed E-state index contributed by atoms with van der Waals surface area (Å²) in [6.45, 7) is 4.09. The maximum absolute atomic E-state index is 12.4. The van der Waals surface area contributed by atoms with Crippen molar-refractivity contribution in [2.24, 2.45) is 5.92 Å². The Kier molecular flexibility index (Phi) is 5.81. The fourth-order valence-electron chi connectivity index (χ4n) is 3.59. The Morgan fingerprint density at radius 1 is 1.19 bits per heavy atom. The van der Waals surface area contributed by atoms with Crippen LogP contribution in [-0.4, -0.2) is 34.0 Å². The van der Waals surface area contributed by atoms with Crippen LogP contribution in [0.3, 0.4) is 0 Å². The van der Waals surface area contributed by atoms with Crippen molar-refractivity contribution < 1.29 is 9.53 Å². The van der Waals surface area contributed by atoms with Crippen LogP contribution in [0.1, 0.15) is 60.4 Å². The van der Waals surface area contributed by atoms with Crippen LogP contribution < -0.4 is 10.1 Å². The molecule has 1 fully saturated rings. The van der Waals surface area contributed by atoms with E-state index < -0.39 is 0 Å². The first kappa shape index (κ1) is 18.3. The van der Waals surface area contributed by atoms with Gasteiger partial charge in [-0.15, -0.1) is 0 Å². The quantitative estimate of drug-likeness (QED) is 0.891. The number of pyridine rings is 1. The van der Waals surface area contributed by atoms with E-state index in [1.165, 1.54) is 0 Å². The van der Waals surface area contributed by atoms with Gasteiger partial charge in [0.1, 0.15) is 5.82 Å². The lowest BCUT2D eigenvalue weighted by molar-refractivity contribution is 0.0917. The predicted octanol–water partition coefficient (Wildman–Crippen LogP) is 3.28. The largest absolute Gasteiger partial charge is 0.481 e. The summed E-state index contributed by atoms with van der Waals surface area (Å²) in [4.78, 5) is 25.5. The van der Waals surface area contributed by atoms with Gasteiger partial charge in [0.15, 0.2) is 0 Å². The van der Waals surface area contributed by atoms with Gasteiger partial charge in [-0.25, -0.2) is 15.0 Å². The number of aromatic nitrogens is 3. The van der Waals surface area contributed by atoms with Crippen molar-refractivity contribution in [3.8, 4) is 5.88 Å². The molecule has 3 rings (SSSR count). The van der Waals surface area contributed by atoms with E-state index in [9.17, 15) is 4.79 Å². The molecular formula is C20H26N4O2. The maximum atomic E-state index is 12.4. The molecule has 0 bridgehead atoms. The number of nitrogens with one attached hydrogen (secondary N) is 1. The number of ether oxygens (including phenoxy) is 1. The van der Waals surface area contributed by atoms with Crippen LogP contribution in [-0.2, 0) is 0 Å². The highest BCUT2D eigenvalue weighted by atomic mass is 16.5. The summed E-state index contributed by atoms with van der Waals surface area (Å²) in [7, 11) is 1.56. The molecule has 26 heavy (non-hydrogen) atoms. The number of aryl methyl sites for hydroxylation is 1. The van der Waals surface area contributed by atoms with Crippen molar-refractivity contribution in [3.63, 3.8) is 0 Å². The molecule has 1 aliphatic rings. The van der Waals surface area contributed by atoms with Gasteiger partial charge in [0.25, 0.3) is 5.91 Å². The van der Waals surface area contributed by atoms with Crippen LogP contribution >= 0.6 is 0 Å². The van der Waals surface area contributed by atoms with Gasteiger partial charge in [-0.1, -0.05) is 0 Å². The Morgan fingerprint density at radius 2 is 1.96 bits per heavy atom. The molecule has 1 aliphatic carbocycles. The van der Waals surface area contributed by atoms with Crippen molar-refractivity contribution in [2.75, 3.05) is 7.11 Å². The summed E-state index contributed by atoms with van der Waals surface area (Å²) < 4.78 is 5.03. The fraction of sp³-hybridized carbons (Fsp3) is 0.500. The summed E-state index contributed by atoms with van der Waals surface area (Å²) in [5, 5.41) is 3.12. The van der Waals surface area contributed by atoms with Gasteiger partial charge in [-0.3, -0.25) is 4.79 Å². The molecule has 1 N–H and O–H groups in total. The number of rotatable bonds is 5. The third-order valence-electron chi connectivity index (χ3n) is 5.22. The van der Waals surface area contributed by atoms with Crippen molar-refractivity contribution in [1.82, 2.24) is 20.3 Å². The van der Waals surface area contributed by atoms with E-state index in [1.54, 1.807) is 25.4 Å². The van der Waals surface area contributed by atoms with Crippen LogP contribution in [0, 0.1) is 12.8 Å². The molecule has 1 atom stereocenters. The number of hydrogen-bond acceptors (Lipinski definition) is 5. The van der Waals surface area contributed by atoms with Crippen LogP contribution in [0.2, 0.25) is 0 Å². The lowest BCUT2D eigenvalue weighted by Gasteiger charge is -2.32. The van der Waals surface area contributed by atoms with E-state index in [0.717, 1.165) is 37.2 Å². The lowest BCUT2D eigenvalue weighted by Crippen LogP contribution is -2.39. The zero-order valence-electron chi connectivity index (χ0n) is 15.6. The molecule has 0 saturated heterocycles. The number of amides is 1. The smallest absolute Gasteiger partial charge is 0.253 e. The van der Waals surface area contributed by atoms with Crippen molar-refractivity contribution >= 4 is 5.91 Å². The number of hydrogen-bond donors (Lipinski definition) is 1. The van der Waals surface area contributed by atoms with E-state index >= 15 is 0 Å². The molecule has 1 saturated carbocycles. The first-order valence-electron chi connectivity index (χ1n) is 9.17. The molecule has 6 nitrogen and oxygen atoms in total. The number of carbonyl (C=O) groups is 1. The topological polar surface area (TPSA) is 77.0 Å². The molecule has 2 heterocycles. The number of carbonyl (C=O) groups excluding carboxylic acids is 1. The molecule has 6 heteroatoms. The zero-order chi connectivity index (χ0) is 18.5. The summed E-state index contributed by atoms with van der Waals surface area (Å²) in [5.74, 6) is 2.29. The molecule has 138 valence electrons. The molecule has 0 radical (unpaired) electrons. The average molecular weight is 354 g/mol. The molecule has 1 unspecified atom stereocenters. The highest BCUT2D eigenvalue weighted by Crippen LogP contribution is 2.35.